The van der Waals surface area contributed by atoms with E-state index < -0.39 is 18.0 Å². The van der Waals surface area contributed by atoms with Crippen LogP contribution in [-0.4, -0.2) is 54.0 Å². The topological polar surface area (TPSA) is 161 Å². The van der Waals surface area contributed by atoms with Crippen molar-refractivity contribution < 1.29 is 24.6 Å². The Morgan fingerprint density at radius 2 is 1.38 bits per heavy atom. The quantitative estimate of drug-likeness (QED) is 0.160. The predicted octanol–water partition coefficient (Wildman–Crippen LogP) is 7.01. The fraction of sp³-hybridized carbons (Fsp3) is 0.270. The van der Waals surface area contributed by atoms with Gasteiger partial charge in [-0.25, -0.2) is 9.97 Å². The number of carbonyl (C=O) groups excluding carboxylic acids is 1. The molecule has 242 valence electrons. The van der Waals surface area contributed by atoms with Crippen molar-refractivity contribution in [2.24, 2.45) is 0 Å². The van der Waals surface area contributed by atoms with E-state index in [4.69, 9.17) is 9.97 Å². The minimum absolute atomic E-state index is 0.0507. The van der Waals surface area contributed by atoms with Gasteiger partial charge in [0, 0.05) is 46.0 Å². The first-order valence-corrected chi connectivity index (χ1v) is 15.5. The van der Waals surface area contributed by atoms with Crippen molar-refractivity contribution in [1.82, 2.24) is 25.3 Å². The lowest BCUT2D eigenvalue weighted by Crippen LogP contribution is -2.38. The zero-order valence-electron chi connectivity index (χ0n) is 27.3. The van der Waals surface area contributed by atoms with Gasteiger partial charge in [0.15, 0.2) is 0 Å². The van der Waals surface area contributed by atoms with Gasteiger partial charge in [-0.05, 0) is 105 Å². The summed E-state index contributed by atoms with van der Waals surface area (Å²) in [5.74, 6) is -2.39. The summed E-state index contributed by atoms with van der Waals surface area (Å²) in [7, 11) is 0. The number of carboxylic acids is 2. The van der Waals surface area contributed by atoms with Crippen LogP contribution in [0, 0.1) is 13.8 Å². The Bertz CT molecular complexity index is 2090. The average molecular weight is 634 g/mol. The third-order valence-electron chi connectivity index (χ3n) is 8.98. The monoisotopic (exact) mass is 633 g/mol. The molecule has 0 spiro atoms. The molecule has 47 heavy (non-hydrogen) atoms. The minimum atomic E-state index is -1.11. The van der Waals surface area contributed by atoms with E-state index in [0.717, 1.165) is 78.0 Å². The zero-order valence-corrected chi connectivity index (χ0v) is 27.3. The molecule has 5 N–H and O–H groups in total. The molecule has 0 saturated heterocycles. The number of rotatable bonds is 10. The summed E-state index contributed by atoms with van der Waals surface area (Å²) >= 11 is 0. The second kappa shape index (κ2) is 13.1. The van der Waals surface area contributed by atoms with E-state index >= 15 is 0 Å². The molecule has 2 aliphatic heterocycles. The average Bonchev–Trinajstić information content (AvgIpc) is 3.67. The van der Waals surface area contributed by atoms with Crippen LogP contribution in [0.25, 0.3) is 50.4 Å². The van der Waals surface area contributed by atoms with Crippen molar-refractivity contribution in [2.75, 3.05) is 0 Å². The molecule has 0 saturated carbocycles. The van der Waals surface area contributed by atoms with Crippen LogP contribution in [0.15, 0.2) is 43.5 Å². The van der Waals surface area contributed by atoms with Gasteiger partial charge in [0.05, 0.1) is 22.8 Å². The molecule has 10 nitrogen and oxygen atoms in total. The highest BCUT2D eigenvalue weighted by molar-refractivity contribution is 5.98. The van der Waals surface area contributed by atoms with Crippen molar-refractivity contribution in [3.05, 3.63) is 88.5 Å². The molecule has 10 heteroatoms. The Kier molecular flexibility index (Phi) is 9.15. The number of hydrogen-bond acceptors (Lipinski definition) is 5. The number of nitrogens with zero attached hydrogens (tertiary/aromatic N) is 2. The molecule has 2 aliphatic rings. The second-order valence-electron chi connectivity index (χ2n) is 12.0. The Morgan fingerprint density at radius 1 is 0.787 bits per heavy atom. The molecule has 1 atom stereocenters. The second-order valence-corrected chi connectivity index (χ2v) is 12.0. The fourth-order valence-corrected chi connectivity index (χ4v) is 6.15. The SMILES string of the molecule is C=CC1=C(C)c2cc3[nH]c(cc4nc(cc5[nH]c(cc1n2)c(C)c5CCC(=O)O)C(CCC(=O)N[C@@H](C)C(=O)O)=C4C)c(C)c3C=C. The molecule has 5 heterocycles. The number of amides is 1. The summed E-state index contributed by atoms with van der Waals surface area (Å²) in [6.07, 6.45) is 4.25. The van der Waals surface area contributed by atoms with Crippen LogP contribution in [0.4, 0.5) is 0 Å². The van der Waals surface area contributed by atoms with E-state index in [-0.39, 0.29) is 18.7 Å². The molecule has 3 aromatic rings. The maximum absolute atomic E-state index is 12.7. The van der Waals surface area contributed by atoms with Gasteiger partial charge in [0.1, 0.15) is 6.04 Å². The molecular formula is C37H39N5O5. The van der Waals surface area contributed by atoms with Gasteiger partial charge in [-0.15, -0.1) is 0 Å². The number of carbonyl (C=O) groups is 3. The Morgan fingerprint density at radius 3 is 2.04 bits per heavy atom. The highest BCUT2D eigenvalue weighted by atomic mass is 16.4. The lowest BCUT2D eigenvalue weighted by atomic mass is 10.00. The summed E-state index contributed by atoms with van der Waals surface area (Å²) in [6, 6.07) is 6.84. The number of aliphatic carboxylic acids is 2. The lowest BCUT2D eigenvalue weighted by molar-refractivity contribution is -0.141. The van der Waals surface area contributed by atoms with Crippen LogP contribution in [-0.2, 0) is 20.8 Å². The van der Waals surface area contributed by atoms with Crippen molar-refractivity contribution in [1.29, 1.82) is 0 Å². The number of fused-ring (bicyclic) bond motifs is 8. The van der Waals surface area contributed by atoms with Gasteiger partial charge >= 0.3 is 11.9 Å². The van der Waals surface area contributed by atoms with E-state index in [2.05, 4.69) is 28.4 Å². The third-order valence-corrected chi connectivity index (χ3v) is 8.98. The molecule has 0 aromatic carbocycles. The zero-order chi connectivity index (χ0) is 34.2. The van der Waals surface area contributed by atoms with E-state index in [1.165, 1.54) is 6.92 Å². The van der Waals surface area contributed by atoms with Gasteiger partial charge in [-0.1, -0.05) is 25.3 Å². The van der Waals surface area contributed by atoms with E-state index in [9.17, 15) is 24.6 Å². The molecule has 0 fully saturated rings. The smallest absolute Gasteiger partial charge is 0.325 e. The van der Waals surface area contributed by atoms with Gasteiger partial charge < -0.3 is 25.5 Å². The van der Waals surface area contributed by atoms with Crippen LogP contribution in [0.2, 0.25) is 0 Å². The van der Waals surface area contributed by atoms with Crippen LogP contribution in [0.3, 0.4) is 0 Å². The maximum atomic E-state index is 12.7. The number of hydrogen-bond donors (Lipinski definition) is 5. The number of aromatic amines is 2. The Balaban J connectivity index is 1.82. The molecule has 0 radical (unpaired) electrons. The van der Waals surface area contributed by atoms with Crippen LogP contribution in [0.5, 0.6) is 0 Å². The number of allylic oxidation sites excluding steroid dienone is 5. The van der Waals surface area contributed by atoms with Gasteiger partial charge in [0.25, 0.3) is 0 Å². The highest BCUT2D eigenvalue weighted by Crippen LogP contribution is 2.36. The van der Waals surface area contributed by atoms with Gasteiger partial charge in [-0.2, -0.15) is 0 Å². The van der Waals surface area contributed by atoms with Gasteiger partial charge in [-0.3, -0.25) is 14.4 Å². The number of H-pyrrole nitrogens is 2. The normalized spacial score (nSPS) is 13.5. The number of aryl methyl sites for hydroxylation is 3. The van der Waals surface area contributed by atoms with Crippen molar-refractivity contribution in [3.63, 3.8) is 0 Å². The largest absolute Gasteiger partial charge is 0.481 e. The van der Waals surface area contributed by atoms with Crippen LogP contribution < -0.4 is 5.32 Å². The molecule has 1 amide bonds. The standard InChI is InChI=1S/C37H39N5O5/c1-8-23-18(3)27-14-28-20(5)25(10-12-35(43)38-22(7)37(46)47)33(41-28)17-34-26(11-13-36(44)45)21(6)30(42-34)16-32-24(9-2)19(4)29(40-32)15-31(23)39-27/h8-9,14-17,22,39,42H,1-2,10-13H2,3-7H3,(H,38,43)(H,44,45)(H,46,47)/t22-/m0/s1. The van der Waals surface area contributed by atoms with Crippen molar-refractivity contribution >= 4 is 68.3 Å². The van der Waals surface area contributed by atoms with Gasteiger partial charge in [0.2, 0.25) is 5.91 Å². The van der Waals surface area contributed by atoms with Crippen molar-refractivity contribution in [2.45, 2.75) is 66.3 Å². The first-order valence-electron chi connectivity index (χ1n) is 15.5. The Hall–Kier alpha value is -5.51. The third kappa shape index (κ3) is 6.44. The predicted molar refractivity (Wildman–Crippen MR) is 186 cm³/mol. The first kappa shape index (κ1) is 32.9. The minimum Gasteiger partial charge on any atom is -0.481 e. The Labute approximate surface area is 272 Å². The summed E-state index contributed by atoms with van der Waals surface area (Å²) in [5.41, 5.74) is 13.4. The van der Waals surface area contributed by atoms with Crippen molar-refractivity contribution in [3.8, 4) is 0 Å². The summed E-state index contributed by atoms with van der Waals surface area (Å²) in [6.45, 7) is 17.5. The first-order chi connectivity index (χ1) is 22.3. The fourth-order valence-electron chi connectivity index (χ4n) is 6.15. The lowest BCUT2D eigenvalue weighted by Gasteiger charge is -2.10. The highest BCUT2D eigenvalue weighted by Gasteiger charge is 2.22. The molecule has 0 aliphatic carbocycles. The summed E-state index contributed by atoms with van der Waals surface area (Å²) in [4.78, 5) is 52.7. The summed E-state index contributed by atoms with van der Waals surface area (Å²) < 4.78 is 0. The van der Waals surface area contributed by atoms with E-state index in [1.54, 1.807) is 6.08 Å². The molecule has 3 aromatic heterocycles. The molecular weight excluding hydrogens is 594 g/mol. The molecule has 0 unspecified atom stereocenters. The maximum Gasteiger partial charge on any atom is 0.325 e. The molecule has 8 bridgehead atoms. The molecule has 5 rings (SSSR count). The van der Waals surface area contributed by atoms with E-state index in [1.807, 2.05) is 58.0 Å². The van der Waals surface area contributed by atoms with Crippen LogP contribution >= 0.6 is 0 Å². The number of nitrogens with one attached hydrogen (secondary N) is 3. The summed E-state index contributed by atoms with van der Waals surface area (Å²) in [5, 5.41) is 21.3. The number of aromatic nitrogens is 4. The number of carboxylic acid groups (broad SMARTS) is 2. The van der Waals surface area contributed by atoms with E-state index in [0.29, 0.717) is 24.2 Å². The van der Waals surface area contributed by atoms with Crippen LogP contribution in [0.1, 0.15) is 85.1 Å².